The topological polar surface area (TPSA) is 37.3 Å². The lowest BCUT2D eigenvalue weighted by molar-refractivity contribution is 0.0598. The Labute approximate surface area is 120 Å². The molecule has 0 unspecified atom stereocenters. The summed E-state index contributed by atoms with van der Waals surface area (Å²) in [5.41, 5.74) is 1.28. The van der Waals surface area contributed by atoms with E-state index in [4.69, 9.17) is 0 Å². The van der Waals surface area contributed by atoms with Gasteiger partial charge in [0.05, 0.1) is 0 Å². The second-order valence-corrected chi connectivity index (χ2v) is 5.72. The fraction of sp³-hybridized carbons (Fsp3) is 0.643. The molecule has 1 aromatic rings. The monoisotopic (exact) mass is 283 g/mol. The summed E-state index contributed by atoms with van der Waals surface area (Å²) in [5.74, 6) is 0.184. The molecule has 2 fully saturated rings. The molecule has 3 heterocycles. The number of aromatic nitrogens is 1. The number of amides is 1. The van der Waals surface area contributed by atoms with Gasteiger partial charge in [0, 0.05) is 32.9 Å². The molecular formula is C14H22ClN3O. The maximum absolute atomic E-state index is 12.4. The summed E-state index contributed by atoms with van der Waals surface area (Å²) in [6.45, 7) is 4.10. The van der Waals surface area contributed by atoms with Gasteiger partial charge in [-0.3, -0.25) is 4.79 Å². The molecule has 0 bridgehead atoms. The molecule has 5 heteroatoms. The summed E-state index contributed by atoms with van der Waals surface area (Å²) < 4.78 is 1.91. The van der Waals surface area contributed by atoms with Crippen molar-refractivity contribution in [2.24, 2.45) is 12.5 Å². The minimum atomic E-state index is 0. The number of carbonyl (C=O) groups is 1. The van der Waals surface area contributed by atoms with Gasteiger partial charge in [-0.15, -0.1) is 12.4 Å². The van der Waals surface area contributed by atoms with E-state index in [9.17, 15) is 4.79 Å². The third-order valence-corrected chi connectivity index (χ3v) is 4.61. The second kappa shape index (κ2) is 5.55. The average molecular weight is 284 g/mol. The van der Waals surface area contributed by atoms with E-state index in [0.29, 0.717) is 5.41 Å². The molecule has 3 rings (SSSR count). The highest BCUT2D eigenvalue weighted by Gasteiger charge is 2.38. The molecule has 0 radical (unpaired) electrons. The smallest absolute Gasteiger partial charge is 0.270 e. The van der Waals surface area contributed by atoms with E-state index in [0.717, 1.165) is 44.7 Å². The molecule has 19 heavy (non-hydrogen) atoms. The summed E-state index contributed by atoms with van der Waals surface area (Å²) >= 11 is 0. The Kier molecular flexibility index (Phi) is 4.21. The van der Waals surface area contributed by atoms with Crippen molar-refractivity contribution in [2.45, 2.75) is 19.3 Å². The van der Waals surface area contributed by atoms with E-state index < -0.39 is 0 Å². The van der Waals surface area contributed by atoms with Crippen LogP contribution >= 0.6 is 12.4 Å². The molecule has 2 saturated heterocycles. The summed E-state index contributed by atoms with van der Waals surface area (Å²) in [6, 6.07) is 3.84. The van der Waals surface area contributed by atoms with Crippen molar-refractivity contribution in [3.8, 4) is 0 Å². The standard InChI is InChI=1S/C14H21N3O.ClH/c1-16-8-2-3-12(16)13(18)17-9-5-14(6-10-17)4-7-15-11-14;/h2-3,8,15H,4-7,9-11H2,1H3;1H. The Morgan fingerprint density at radius 3 is 2.58 bits per heavy atom. The summed E-state index contributed by atoms with van der Waals surface area (Å²) in [4.78, 5) is 14.4. The van der Waals surface area contributed by atoms with Gasteiger partial charge in [0.1, 0.15) is 5.69 Å². The minimum Gasteiger partial charge on any atom is -0.347 e. The van der Waals surface area contributed by atoms with Gasteiger partial charge in [-0.1, -0.05) is 0 Å². The number of hydrogen-bond acceptors (Lipinski definition) is 2. The predicted octanol–water partition coefficient (Wildman–Crippen LogP) is 1.66. The van der Waals surface area contributed by atoms with Crippen molar-refractivity contribution in [1.82, 2.24) is 14.8 Å². The number of likely N-dealkylation sites (tertiary alicyclic amines) is 1. The highest BCUT2D eigenvalue weighted by molar-refractivity contribution is 5.92. The Morgan fingerprint density at radius 2 is 2.05 bits per heavy atom. The number of nitrogens with one attached hydrogen (secondary N) is 1. The van der Waals surface area contributed by atoms with Gasteiger partial charge in [0.25, 0.3) is 5.91 Å². The van der Waals surface area contributed by atoms with Crippen molar-refractivity contribution in [1.29, 1.82) is 0 Å². The molecule has 106 valence electrons. The molecule has 4 nitrogen and oxygen atoms in total. The maximum Gasteiger partial charge on any atom is 0.270 e. The number of piperidine rings is 1. The lowest BCUT2D eigenvalue weighted by Gasteiger charge is -2.38. The molecule has 0 aromatic carbocycles. The van der Waals surface area contributed by atoms with Crippen molar-refractivity contribution < 1.29 is 4.79 Å². The van der Waals surface area contributed by atoms with E-state index >= 15 is 0 Å². The van der Waals surface area contributed by atoms with E-state index in [-0.39, 0.29) is 18.3 Å². The molecule has 1 aromatic heterocycles. The van der Waals surface area contributed by atoms with Gasteiger partial charge in [-0.25, -0.2) is 0 Å². The van der Waals surface area contributed by atoms with Crippen LogP contribution in [0, 0.1) is 5.41 Å². The molecule has 2 aliphatic heterocycles. The fourth-order valence-electron chi connectivity index (χ4n) is 3.25. The quantitative estimate of drug-likeness (QED) is 0.851. The zero-order valence-corrected chi connectivity index (χ0v) is 12.2. The van der Waals surface area contributed by atoms with E-state index in [1.54, 1.807) is 0 Å². The first-order chi connectivity index (χ1) is 8.70. The SMILES string of the molecule is Cl.Cn1cccc1C(=O)N1CCC2(CCNC2)CC1. The molecule has 1 N–H and O–H groups in total. The first-order valence-electron chi connectivity index (χ1n) is 6.82. The van der Waals surface area contributed by atoms with Crippen LogP contribution in [0.15, 0.2) is 18.3 Å². The zero-order chi connectivity index (χ0) is 12.6. The van der Waals surface area contributed by atoms with Gasteiger partial charge < -0.3 is 14.8 Å². The number of halogens is 1. The van der Waals surface area contributed by atoms with Crippen molar-refractivity contribution >= 4 is 18.3 Å². The summed E-state index contributed by atoms with van der Waals surface area (Å²) in [7, 11) is 1.93. The van der Waals surface area contributed by atoms with Crippen LogP contribution in [0.1, 0.15) is 29.8 Å². The Bertz CT molecular complexity index is 441. The second-order valence-electron chi connectivity index (χ2n) is 5.72. The molecular weight excluding hydrogens is 262 g/mol. The van der Waals surface area contributed by atoms with Crippen LogP contribution in [0.2, 0.25) is 0 Å². The van der Waals surface area contributed by atoms with Crippen LogP contribution in [0.4, 0.5) is 0 Å². The average Bonchev–Trinajstić information content (AvgIpc) is 2.99. The molecule has 0 atom stereocenters. The summed E-state index contributed by atoms with van der Waals surface area (Å²) in [6.07, 6.45) is 5.51. The fourth-order valence-corrected chi connectivity index (χ4v) is 3.25. The lowest BCUT2D eigenvalue weighted by atomic mass is 9.78. The third-order valence-electron chi connectivity index (χ3n) is 4.61. The molecule has 2 aliphatic rings. The van der Waals surface area contributed by atoms with Crippen molar-refractivity contribution in [3.05, 3.63) is 24.0 Å². The first-order valence-corrected chi connectivity index (χ1v) is 6.82. The number of aryl methyl sites for hydroxylation is 1. The van der Waals surface area contributed by atoms with E-state index in [2.05, 4.69) is 5.32 Å². The normalized spacial score (nSPS) is 21.4. The largest absolute Gasteiger partial charge is 0.347 e. The van der Waals surface area contributed by atoms with Crippen LogP contribution in [0.25, 0.3) is 0 Å². The van der Waals surface area contributed by atoms with Crippen molar-refractivity contribution in [3.63, 3.8) is 0 Å². The lowest BCUT2D eigenvalue weighted by Crippen LogP contribution is -2.44. The molecule has 0 aliphatic carbocycles. The number of hydrogen-bond donors (Lipinski definition) is 1. The Morgan fingerprint density at radius 1 is 1.32 bits per heavy atom. The van der Waals surface area contributed by atoms with Crippen LogP contribution in [-0.2, 0) is 7.05 Å². The maximum atomic E-state index is 12.4. The van der Waals surface area contributed by atoms with Crippen molar-refractivity contribution in [2.75, 3.05) is 26.2 Å². The van der Waals surface area contributed by atoms with Gasteiger partial charge >= 0.3 is 0 Å². The van der Waals surface area contributed by atoms with E-state index in [1.807, 2.05) is 34.8 Å². The van der Waals surface area contributed by atoms with Gasteiger partial charge in [0.2, 0.25) is 0 Å². The Balaban J connectivity index is 0.00000133. The number of carbonyl (C=O) groups excluding carboxylic acids is 1. The molecule has 1 spiro atoms. The van der Waals surface area contributed by atoms with E-state index in [1.165, 1.54) is 6.42 Å². The number of nitrogens with zero attached hydrogens (tertiary/aromatic N) is 2. The van der Waals surface area contributed by atoms with Gasteiger partial charge in [-0.05, 0) is 43.4 Å². The summed E-state index contributed by atoms with van der Waals surface area (Å²) in [5, 5.41) is 3.46. The predicted molar refractivity (Wildman–Crippen MR) is 77.7 cm³/mol. The highest BCUT2D eigenvalue weighted by Crippen LogP contribution is 2.37. The third kappa shape index (κ3) is 2.65. The van der Waals surface area contributed by atoms with Crippen LogP contribution < -0.4 is 5.32 Å². The van der Waals surface area contributed by atoms with Crippen LogP contribution in [-0.4, -0.2) is 41.6 Å². The Hall–Kier alpha value is -1.00. The first kappa shape index (κ1) is 14.4. The highest BCUT2D eigenvalue weighted by atomic mass is 35.5. The minimum absolute atomic E-state index is 0. The van der Waals surface area contributed by atoms with Crippen LogP contribution in [0.3, 0.4) is 0 Å². The number of rotatable bonds is 1. The molecule has 0 saturated carbocycles. The van der Waals surface area contributed by atoms with Crippen LogP contribution in [0.5, 0.6) is 0 Å². The molecule has 1 amide bonds. The van der Waals surface area contributed by atoms with Gasteiger partial charge in [0.15, 0.2) is 0 Å². The van der Waals surface area contributed by atoms with Gasteiger partial charge in [-0.2, -0.15) is 0 Å². The zero-order valence-electron chi connectivity index (χ0n) is 11.4.